The molecule has 0 radical (unpaired) electrons. The summed E-state index contributed by atoms with van der Waals surface area (Å²) in [4.78, 5) is 18.3. The number of benzene rings is 1. The van der Waals surface area contributed by atoms with Crippen molar-refractivity contribution in [3.8, 4) is 22.6 Å². The normalized spacial score (nSPS) is 11.1. The van der Waals surface area contributed by atoms with Gasteiger partial charge in [-0.05, 0) is 12.0 Å². The Labute approximate surface area is 199 Å². The molecule has 6 nitrogen and oxygen atoms in total. The number of allylic oxidation sites excluding steroid dienone is 1. The number of hydrogen-bond donors (Lipinski definition) is 1. The highest BCUT2D eigenvalue weighted by molar-refractivity contribution is 7.99. The van der Waals surface area contributed by atoms with Crippen molar-refractivity contribution < 1.29 is 4.79 Å². The monoisotopic (exact) mass is 481 g/mol. The molecule has 0 aliphatic heterocycles. The predicted octanol–water partition coefficient (Wildman–Crippen LogP) is 6.17. The second-order valence-corrected chi connectivity index (χ2v) is 10.1. The summed E-state index contributed by atoms with van der Waals surface area (Å²) in [5.41, 5.74) is 2.92. The van der Waals surface area contributed by atoms with Crippen molar-refractivity contribution in [1.82, 2.24) is 19.7 Å². The summed E-state index contributed by atoms with van der Waals surface area (Å²) < 4.78 is 1.99. The van der Waals surface area contributed by atoms with Crippen LogP contribution in [0.3, 0.4) is 0 Å². The molecule has 3 heterocycles. The van der Waals surface area contributed by atoms with E-state index in [1.807, 2.05) is 46.4 Å². The van der Waals surface area contributed by atoms with Crippen LogP contribution in [0.2, 0.25) is 0 Å². The third-order valence-electron chi connectivity index (χ3n) is 4.63. The topological polar surface area (TPSA) is 72.7 Å². The zero-order valence-corrected chi connectivity index (χ0v) is 20.3. The van der Waals surface area contributed by atoms with Crippen LogP contribution >= 0.6 is 34.4 Å². The molecule has 0 fully saturated rings. The van der Waals surface area contributed by atoms with Crippen molar-refractivity contribution in [2.45, 2.75) is 31.5 Å². The number of hydrogen-bond acceptors (Lipinski definition) is 7. The lowest BCUT2D eigenvalue weighted by molar-refractivity contribution is -0.113. The molecular formula is C23H23N5OS3. The van der Waals surface area contributed by atoms with E-state index in [2.05, 4.69) is 52.4 Å². The van der Waals surface area contributed by atoms with Gasteiger partial charge >= 0.3 is 0 Å². The second-order valence-electron chi connectivity index (χ2n) is 7.34. The molecule has 0 aliphatic rings. The Bertz CT molecular complexity index is 1210. The number of carbonyl (C=O) groups is 1. The van der Waals surface area contributed by atoms with Crippen molar-refractivity contribution in [3.63, 3.8) is 0 Å². The lowest BCUT2D eigenvalue weighted by Gasteiger charge is -2.07. The first-order chi connectivity index (χ1) is 15.5. The van der Waals surface area contributed by atoms with E-state index in [4.69, 9.17) is 0 Å². The first-order valence-electron chi connectivity index (χ1n) is 10.1. The minimum Gasteiger partial charge on any atom is -0.301 e. The van der Waals surface area contributed by atoms with Crippen molar-refractivity contribution in [1.29, 1.82) is 0 Å². The van der Waals surface area contributed by atoms with Crippen LogP contribution in [0.25, 0.3) is 22.6 Å². The van der Waals surface area contributed by atoms with Crippen LogP contribution in [-0.4, -0.2) is 31.4 Å². The first kappa shape index (κ1) is 22.4. The zero-order valence-electron chi connectivity index (χ0n) is 17.8. The summed E-state index contributed by atoms with van der Waals surface area (Å²) in [6.45, 7) is 8.78. The number of nitrogens with zero attached hydrogens (tertiary/aromatic N) is 4. The lowest BCUT2D eigenvalue weighted by Crippen LogP contribution is -2.14. The third kappa shape index (κ3) is 5.17. The first-order valence-corrected chi connectivity index (χ1v) is 12.9. The van der Waals surface area contributed by atoms with E-state index in [9.17, 15) is 4.79 Å². The summed E-state index contributed by atoms with van der Waals surface area (Å²) in [7, 11) is 0. The summed E-state index contributed by atoms with van der Waals surface area (Å²) in [5.74, 6) is 1.35. The number of nitrogens with one attached hydrogen (secondary N) is 1. The molecule has 4 rings (SSSR count). The quantitative estimate of drug-likeness (QED) is 0.229. The Kier molecular flexibility index (Phi) is 7.19. The molecule has 0 saturated carbocycles. The number of thioether (sulfide) groups is 1. The van der Waals surface area contributed by atoms with Gasteiger partial charge in [-0.1, -0.05) is 62.0 Å². The molecule has 1 amide bonds. The van der Waals surface area contributed by atoms with Gasteiger partial charge in [0.2, 0.25) is 5.91 Å². The van der Waals surface area contributed by atoms with Gasteiger partial charge in [0.05, 0.1) is 11.4 Å². The number of amides is 1. The Morgan fingerprint density at radius 1 is 1.19 bits per heavy atom. The molecule has 32 heavy (non-hydrogen) atoms. The number of aromatic nitrogens is 4. The molecule has 0 atom stereocenters. The van der Waals surface area contributed by atoms with Crippen molar-refractivity contribution in [3.05, 3.63) is 64.7 Å². The maximum atomic E-state index is 12.5. The van der Waals surface area contributed by atoms with E-state index in [0.29, 0.717) is 22.8 Å². The van der Waals surface area contributed by atoms with E-state index >= 15 is 0 Å². The molecule has 3 aromatic heterocycles. The maximum Gasteiger partial charge on any atom is 0.236 e. The summed E-state index contributed by atoms with van der Waals surface area (Å²) in [6, 6.07) is 12.1. The van der Waals surface area contributed by atoms with Crippen LogP contribution in [-0.2, 0) is 11.3 Å². The van der Waals surface area contributed by atoms with Crippen LogP contribution in [0.1, 0.15) is 24.6 Å². The smallest absolute Gasteiger partial charge is 0.236 e. The predicted molar refractivity (Wildman–Crippen MR) is 135 cm³/mol. The molecule has 4 aromatic rings. The number of rotatable bonds is 9. The molecular weight excluding hydrogens is 458 g/mol. The Hall–Kier alpha value is -2.75. The SMILES string of the molecule is C=CCn1c(SCC(=O)Nc2nc(-c3ccccc3)cs2)nnc1-c1csc(C(C)C)c1. The van der Waals surface area contributed by atoms with E-state index < -0.39 is 0 Å². The van der Waals surface area contributed by atoms with E-state index in [1.54, 1.807) is 11.3 Å². The van der Waals surface area contributed by atoms with Gasteiger partial charge in [0, 0.05) is 33.3 Å². The number of anilines is 1. The average molecular weight is 482 g/mol. The molecule has 0 spiro atoms. The molecule has 1 aromatic carbocycles. The van der Waals surface area contributed by atoms with Crippen molar-refractivity contribution in [2.75, 3.05) is 11.1 Å². The Morgan fingerprint density at radius 3 is 2.72 bits per heavy atom. The number of thiophene rings is 1. The van der Waals surface area contributed by atoms with Gasteiger partial charge in [-0.2, -0.15) is 0 Å². The standard InChI is InChI=1S/C23H23N5OS3/c1-4-10-28-21(17-11-19(15(2)3)30-12-17)26-27-23(28)32-14-20(29)25-22-24-18(13-31-22)16-8-6-5-7-9-16/h4-9,11-13,15H,1,10,14H2,2-3H3,(H,24,25,29). The fourth-order valence-corrected chi connectivity index (χ4v) is 5.42. The lowest BCUT2D eigenvalue weighted by atomic mass is 10.1. The van der Waals surface area contributed by atoms with E-state index in [-0.39, 0.29) is 11.7 Å². The van der Waals surface area contributed by atoms with Gasteiger partial charge in [-0.3, -0.25) is 9.36 Å². The second kappa shape index (κ2) is 10.2. The van der Waals surface area contributed by atoms with Gasteiger partial charge in [0.1, 0.15) is 0 Å². The molecule has 164 valence electrons. The van der Waals surface area contributed by atoms with Gasteiger partial charge in [0.15, 0.2) is 16.1 Å². The number of thiazole rings is 1. The summed E-state index contributed by atoms with van der Waals surface area (Å²) in [6.07, 6.45) is 1.81. The molecule has 9 heteroatoms. The van der Waals surface area contributed by atoms with Gasteiger partial charge in [-0.15, -0.1) is 39.4 Å². The largest absolute Gasteiger partial charge is 0.301 e. The van der Waals surface area contributed by atoms with Crippen LogP contribution in [0.5, 0.6) is 0 Å². The van der Waals surface area contributed by atoms with Crippen molar-refractivity contribution in [2.24, 2.45) is 0 Å². The van der Waals surface area contributed by atoms with Crippen LogP contribution < -0.4 is 5.32 Å². The fourth-order valence-electron chi connectivity index (χ4n) is 3.03. The minimum absolute atomic E-state index is 0.128. The van der Waals surface area contributed by atoms with E-state index in [1.165, 1.54) is 28.0 Å². The molecule has 0 saturated heterocycles. The Balaban J connectivity index is 1.42. The van der Waals surface area contributed by atoms with Crippen LogP contribution in [0.4, 0.5) is 5.13 Å². The molecule has 1 N–H and O–H groups in total. The van der Waals surface area contributed by atoms with Gasteiger partial charge in [0.25, 0.3) is 0 Å². The van der Waals surface area contributed by atoms with Crippen LogP contribution in [0.15, 0.2) is 65.0 Å². The fraction of sp³-hybridized carbons (Fsp3) is 0.217. The molecule has 0 unspecified atom stereocenters. The van der Waals surface area contributed by atoms with Crippen molar-refractivity contribution >= 4 is 45.5 Å². The summed E-state index contributed by atoms with van der Waals surface area (Å²) in [5, 5.41) is 16.9. The third-order valence-corrected chi connectivity index (χ3v) is 7.59. The molecule has 0 aliphatic carbocycles. The zero-order chi connectivity index (χ0) is 22.5. The highest BCUT2D eigenvalue weighted by atomic mass is 32.2. The van der Waals surface area contributed by atoms with Crippen LogP contribution in [0, 0.1) is 0 Å². The molecule has 0 bridgehead atoms. The van der Waals surface area contributed by atoms with E-state index in [0.717, 1.165) is 22.6 Å². The highest BCUT2D eigenvalue weighted by Crippen LogP contribution is 2.31. The maximum absolute atomic E-state index is 12.5. The minimum atomic E-state index is -0.128. The Morgan fingerprint density at radius 2 is 2.00 bits per heavy atom. The van der Waals surface area contributed by atoms with Gasteiger partial charge in [-0.25, -0.2) is 4.98 Å². The highest BCUT2D eigenvalue weighted by Gasteiger charge is 2.17. The number of carbonyl (C=O) groups excluding carboxylic acids is 1. The summed E-state index contributed by atoms with van der Waals surface area (Å²) >= 11 is 4.49. The average Bonchev–Trinajstić information content (AvgIpc) is 3.53. The van der Waals surface area contributed by atoms with Gasteiger partial charge < -0.3 is 5.32 Å².